The van der Waals surface area contributed by atoms with Crippen molar-refractivity contribution < 1.29 is 9.47 Å². The van der Waals surface area contributed by atoms with Crippen molar-refractivity contribution in [3.8, 4) is 11.5 Å². The molecule has 0 amide bonds. The fourth-order valence-corrected chi connectivity index (χ4v) is 2.62. The summed E-state index contributed by atoms with van der Waals surface area (Å²) in [6.45, 7) is 5.18. The zero-order valence-corrected chi connectivity index (χ0v) is 12.5. The quantitative estimate of drug-likeness (QED) is 0.862. The van der Waals surface area contributed by atoms with Gasteiger partial charge in [-0.1, -0.05) is 25.4 Å². The van der Waals surface area contributed by atoms with Gasteiger partial charge in [0.05, 0.1) is 19.2 Å². The van der Waals surface area contributed by atoms with Crippen molar-refractivity contribution in [2.45, 2.75) is 26.2 Å². The standard InChI is InChI=1S/C14H22ClNO2/c1-9(2)12-10(6-7-16-3)8-11(17-4)14(18-5)13(12)15/h8-9,16H,6-7H2,1-5H3. The van der Waals surface area contributed by atoms with E-state index in [0.29, 0.717) is 22.4 Å². The lowest BCUT2D eigenvalue weighted by molar-refractivity contribution is 0.354. The van der Waals surface area contributed by atoms with Crippen LogP contribution in [0.25, 0.3) is 0 Å². The first-order valence-electron chi connectivity index (χ1n) is 6.14. The predicted molar refractivity (Wildman–Crippen MR) is 76.3 cm³/mol. The Morgan fingerprint density at radius 2 is 1.94 bits per heavy atom. The molecule has 1 rings (SSSR count). The van der Waals surface area contributed by atoms with E-state index < -0.39 is 0 Å². The Morgan fingerprint density at radius 3 is 2.39 bits per heavy atom. The summed E-state index contributed by atoms with van der Waals surface area (Å²) in [4.78, 5) is 0. The average Bonchev–Trinajstić information content (AvgIpc) is 2.34. The smallest absolute Gasteiger partial charge is 0.179 e. The fraction of sp³-hybridized carbons (Fsp3) is 0.571. The van der Waals surface area contributed by atoms with Crippen molar-refractivity contribution in [2.75, 3.05) is 27.8 Å². The molecule has 0 fully saturated rings. The van der Waals surface area contributed by atoms with Crippen molar-refractivity contribution in [3.63, 3.8) is 0 Å². The molecule has 18 heavy (non-hydrogen) atoms. The van der Waals surface area contributed by atoms with Gasteiger partial charge in [-0.25, -0.2) is 0 Å². The monoisotopic (exact) mass is 271 g/mol. The number of methoxy groups -OCH3 is 2. The van der Waals surface area contributed by atoms with Crippen molar-refractivity contribution in [1.82, 2.24) is 5.32 Å². The summed E-state index contributed by atoms with van der Waals surface area (Å²) < 4.78 is 10.7. The lowest BCUT2D eigenvalue weighted by atomic mass is 9.94. The van der Waals surface area contributed by atoms with E-state index in [9.17, 15) is 0 Å². The van der Waals surface area contributed by atoms with Crippen LogP contribution in [0, 0.1) is 0 Å². The molecule has 0 saturated carbocycles. The highest BCUT2D eigenvalue weighted by Crippen LogP contribution is 2.42. The summed E-state index contributed by atoms with van der Waals surface area (Å²) in [6.07, 6.45) is 0.921. The highest BCUT2D eigenvalue weighted by atomic mass is 35.5. The van der Waals surface area contributed by atoms with Gasteiger partial charge in [0.2, 0.25) is 0 Å². The number of rotatable bonds is 6. The van der Waals surface area contributed by atoms with Crippen LogP contribution in [-0.4, -0.2) is 27.8 Å². The first-order chi connectivity index (χ1) is 8.56. The molecule has 0 heterocycles. The molecule has 0 unspecified atom stereocenters. The summed E-state index contributed by atoms with van der Waals surface area (Å²) in [6, 6.07) is 2.03. The minimum Gasteiger partial charge on any atom is -0.493 e. The van der Waals surface area contributed by atoms with Crippen LogP contribution < -0.4 is 14.8 Å². The molecule has 0 aliphatic rings. The van der Waals surface area contributed by atoms with Crippen LogP contribution in [0.15, 0.2) is 6.07 Å². The van der Waals surface area contributed by atoms with Gasteiger partial charge in [0.25, 0.3) is 0 Å². The minimum atomic E-state index is 0.351. The third kappa shape index (κ3) is 3.09. The third-order valence-corrected chi connectivity index (χ3v) is 3.33. The van der Waals surface area contributed by atoms with E-state index in [-0.39, 0.29) is 0 Å². The maximum Gasteiger partial charge on any atom is 0.179 e. The first kappa shape index (κ1) is 15.1. The number of benzene rings is 1. The second kappa shape index (κ2) is 6.86. The summed E-state index contributed by atoms with van der Waals surface area (Å²) in [5, 5.41) is 3.82. The summed E-state index contributed by atoms with van der Waals surface area (Å²) >= 11 is 6.45. The number of ether oxygens (including phenoxy) is 2. The van der Waals surface area contributed by atoms with Crippen molar-refractivity contribution in [1.29, 1.82) is 0 Å². The lowest BCUT2D eigenvalue weighted by Crippen LogP contribution is -2.12. The van der Waals surface area contributed by atoms with E-state index in [1.807, 2.05) is 13.1 Å². The van der Waals surface area contributed by atoms with Crippen molar-refractivity contribution in [3.05, 3.63) is 22.2 Å². The Morgan fingerprint density at radius 1 is 1.28 bits per heavy atom. The van der Waals surface area contributed by atoms with Gasteiger partial charge in [0.1, 0.15) is 0 Å². The molecule has 1 aromatic carbocycles. The molecule has 0 radical (unpaired) electrons. The SMILES string of the molecule is CNCCc1cc(OC)c(OC)c(Cl)c1C(C)C. The van der Waals surface area contributed by atoms with E-state index in [1.54, 1.807) is 14.2 Å². The largest absolute Gasteiger partial charge is 0.493 e. The predicted octanol–water partition coefficient (Wildman–Crippen LogP) is 3.24. The number of likely N-dealkylation sites (N-methyl/N-ethyl adjacent to an activating group) is 1. The maximum atomic E-state index is 6.45. The Kier molecular flexibility index (Phi) is 5.76. The molecular weight excluding hydrogens is 250 g/mol. The first-order valence-corrected chi connectivity index (χ1v) is 6.52. The molecule has 1 aromatic rings. The van der Waals surface area contributed by atoms with Crippen LogP contribution in [0.5, 0.6) is 11.5 Å². The zero-order chi connectivity index (χ0) is 13.7. The molecule has 102 valence electrons. The van der Waals surface area contributed by atoms with E-state index in [2.05, 4.69) is 19.2 Å². The van der Waals surface area contributed by atoms with Gasteiger partial charge < -0.3 is 14.8 Å². The number of hydrogen-bond donors (Lipinski definition) is 1. The Balaban J connectivity index is 3.34. The second-order valence-electron chi connectivity index (χ2n) is 4.51. The van der Waals surface area contributed by atoms with Crippen LogP contribution >= 0.6 is 11.6 Å². The van der Waals surface area contributed by atoms with Crippen molar-refractivity contribution >= 4 is 11.6 Å². The van der Waals surface area contributed by atoms with Crippen LogP contribution in [-0.2, 0) is 6.42 Å². The number of hydrogen-bond acceptors (Lipinski definition) is 3. The van der Waals surface area contributed by atoms with Crippen LogP contribution in [0.2, 0.25) is 5.02 Å². The van der Waals surface area contributed by atoms with Gasteiger partial charge in [-0.15, -0.1) is 0 Å². The topological polar surface area (TPSA) is 30.5 Å². The molecule has 0 aromatic heterocycles. The van der Waals surface area contributed by atoms with E-state index in [0.717, 1.165) is 18.5 Å². The van der Waals surface area contributed by atoms with Gasteiger partial charge >= 0.3 is 0 Å². The third-order valence-electron chi connectivity index (χ3n) is 2.96. The molecule has 0 spiro atoms. The van der Waals surface area contributed by atoms with Gasteiger partial charge in [0.15, 0.2) is 11.5 Å². The second-order valence-corrected chi connectivity index (χ2v) is 4.89. The fourth-order valence-electron chi connectivity index (χ4n) is 2.11. The summed E-state index contributed by atoms with van der Waals surface area (Å²) in [5.74, 6) is 1.67. The van der Waals surface area contributed by atoms with Crippen molar-refractivity contribution in [2.24, 2.45) is 0 Å². The van der Waals surface area contributed by atoms with E-state index in [4.69, 9.17) is 21.1 Å². The molecule has 4 heteroatoms. The molecule has 0 bridgehead atoms. The Bertz CT molecular complexity index is 405. The van der Waals surface area contributed by atoms with E-state index >= 15 is 0 Å². The molecular formula is C14H22ClNO2. The molecule has 0 aliphatic heterocycles. The Labute approximate surface area is 114 Å². The average molecular weight is 272 g/mol. The van der Waals surface area contributed by atoms with Crippen LogP contribution in [0.3, 0.4) is 0 Å². The maximum absolute atomic E-state index is 6.45. The molecule has 0 saturated heterocycles. The lowest BCUT2D eigenvalue weighted by Gasteiger charge is -2.19. The normalized spacial score (nSPS) is 10.8. The zero-order valence-electron chi connectivity index (χ0n) is 11.8. The van der Waals surface area contributed by atoms with E-state index in [1.165, 1.54) is 5.56 Å². The summed E-state index contributed by atoms with van der Waals surface area (Å²) in [5.41, 5.74) is 2.35. The van der Waals surface area contributed by atoms with Crippen LogP contribution in [0.1, 0.15) is 30.9 Å². The molecule has 3 nitrogen and oxygen atoms in total. The van der Waals surface area contributed by atoms with Gasteiger partial charge in [-0.3, -0.25) is 0 Å². The summed E-state index contributed by atoms with van der Waals surface area (Å²) in [7, 11) is 5.18. The molecule has 1 N–H and O–H groups in total. The minimum absolute atomic E-state index is 0.351. The highest BCUT2D eigenvalue weighted by Gasteiger charge is 2.19. The Hall–Kier alpha value is -0.930. The van der Waals surface area contributed by atoms with Gasteiger partial charge in [-0.2, -0.15) is 0 Å². The number of nitrogens with one attached hydrogen (secondary N) is 1. The van der Waals surface area contributed by atoms with Crippen LogP contribution in [0.4, 0.5) is 0 Å². The molecule has 0 aliphatic carbocycles. The highest BCUT2D eigenvalue weighted by molar-refractivity contribution is 6.33. The van der Waals surface area contributed by atoms with Gasteiger partial charge in [0, 0.05) is 0 Å². The number of halogens is 1. The molecule has 0 atom stereocenters. The van der Waals surface area contributed by atoms with Gasteiger partial charge in [-0.05, 0) is 43.1 Å².